The van der Waals surface area contributed by atoms with E-state index < -0.39 is 0 Å². The predicted octanol–water partition coefficient (Wildman–Crippen LogP) is 3.25. The SMILES string of the molecule is N#Cc1cccc2c1CC1(CCCCC1)C2=O. The van der Waals surface area contributed by atoms with Gasteiger partial charge in [-0.2, -0.15) is 5.26 Å². The highest BCUT2D eigenvalue weighted by molar-refractivity contribution is 6.05. The minimum absolute atomic E-state index is 0.159. The van der Waals surface area contributed by atoms with Gasteiger partial charge in [-0.15, -0.1) is 0 Å². The van der Waals surface area contributed by atoms with E-state index in [1.54, 1.807) is 0 Å². The van der Waals surface area contributed by atoms with Crippen LogP contribution in [0.3, 0.4) is 0 Å². The normalized spacial score (nSPS) is 21.2. The van der Waals surface area contributed by atoms with Gasteiger partial charge in [-0.3, -0.25) is 4.79 Å². The fourth-order valence-corrected chi connectivity index (χ4v) is 3.43. The summed E-state index contributed by atoms with van der Waals surface area (Å²) in [6.07, 6.45) is 6.36. The van der Waals surface area contributed by atoms with E-state index in [-0.39, 0.29) is 5.41 Å². The van der Waals surface area contributed by atoms with E-state index >= 15 is 0 Å². The predicted molar refractivity (Wildman–Crippen MR) is 64.7 cm³/mol. The third-order valence-electron chi connectivity index (χ3n) is 4.35. The number of nitrogens with zero attached hydrogens (tertiary/aromatic N) is 1. The monoisotopic (exact) mass is 225 g/mol. The molecule has 0 atom stereocenters. The molecule has 1 aromatic carbocycles. The van der Waals surface area contributed by atoms with Crippen molar-refractivity contribution in [2.75, 3.05) is 0 Å². The first-order valence-corrected chi connectivity index (χ1v) is 6.34. The van der Waals surface area contributed by atoms with Crippen molar-refractivity contribution in [1.29, 1.82) is 5.26 Å². The minimum atomic E-state index is -0.159. The number of carbonyl (C=O) groups is 1. The second kappa shape index (κ2) is 3.70. The summed E-state index contributed by atoms with van der Waals surface area (Å²) in [5, 5.41) is 9.11. The Bertz CT molecular complexity index is 518. The Balaban J connectivity index is 2.08. The smallest absolute Gasteiger partial charge is 0.169 e. The van der Waals surface area contributed by atoms with Gasteiger partial charge in [0.15, 0.2) is 5.78 Å². The van der Waals surface area contributed by atoms with E-state index in [1.165, 1.54) is 6.42 Å². The Morgan fingerprint density at radius 1 is 1.18 bits per heavy atom. The molecule has 1 saturated carbocycles. The third-order valence-corrected chi connectivity index (χ3v) is 4.35. The molecule has 0 bridgehead atoms. The molecule has 0 N–H and O–H groups in total. The molecule has 2 nitrogen and oxygen atoms in total. The Kier molecular flexibility index (Phi) is 2.29. The van der Waals surface area contributed by atoms with Crippen LogP contribution in [0.15, 0.2) is 18.2 Å². The molecule has 17 heavy (non-hydrogen) atoms. The van der Waals surface area contributed by atoms with Crippen molar-refractivity contribution in [3.63, 3.8) is 0 Å². The van der Waals surface area contributed by atoms with Crippen LogP contribution in [0.25, 0.3) is 0 Å². The summed E-state index contributed by atoms with van der Waals surface area (Å²) in [5.74, 6) is 0.296. The Labute approximate surface area is 101 Å². The maximum Gasteiger partial charge on any atom is 0.169 e. The second-order valence-electron chi connectivity index (χ2n) is 5.29. The summed E-state index contributed by atoms with van der Waals surface area (Å²) in [5.41, 5.74) is 2.35. The Morgan fingerprint density at radius 3 is 2.65 bits per heavy atom. The number of hydrogen-bond donors (Lipinski definition) is 0. The van der Waals surface area contributed by atoms with Gasteiger partial charge in [-0.05, 0) is 30.9 Å². The number of fused-ring (bicyclic) bond motifs is 1. The van der Waals surface area contributed by atoms with E-state index in [0.717, 1.165) is 43.2 Å². The van der Waals surface area contributed by atoms with Crippen molar-refractivity contribution >= 4 is 5.78 Å². The maximum absolute atomic E-state index is 12.5. The lowest BCUT2D eigenvalue weighted by molar-refractivity contribution is 0.0748. The number of carbonyl (C=O) groups excluding carboxylic acids is 1. The Morgan fingerprint density at radius 2 is 1.94 bits per heavy atom. The zero-order valence-corrected chi connectivity index (χ0v) is 9.83. The standard InChI is InChI=1S/C15H15NO/c16-10-11-5-4-6-12-13(11)9-15(14(12)17)7-2-1-3-8-15/h4-6H,1-3,7-9H2. The average molecular weight is 225 g/mol. The van der Waals surface area contributed by atoms with Crippen LogP contribution in [0.2, 0.25) is 0 Å². The summed E-state index contributed by atoms with van der Waals surface area (Å²) >= 11 is 0. The molecule has 86 valence electrons. The molecule has 2 heteroatoms. The van der Waals surface area contributed by atoms with Crippen LogP contribution in [0.5, 0.6) is 0 Å². The summed E-state index contributed by atoms with van der Waals surface area (Å²) in [6.45, 7) is 0. The lowest BCUT2D eigenvalue weighted by Crippen LogP contribution is -2.30. The van der Waals surface area contributed by atoms with Crippen molar-refractivity contribution < 1.29 is 4.79 Å². The molecule has 0 radical (unpaired) electrons. The van der Waals surface area contributed by atoms with Gasteiger partial charge in [0.1, 0.15) is 0 Å². The van der Waals surface area contributed by atoms with Crippen molar-refractivity contribution in [3.05, 3.63) is 34.9 Å². The minimum Gasteiger partial charge on any atom is -0.294 e. The Hall–Kier alpha value is -1.62. The number of hydrogen-bond acceptors (Lipinski definition) is 2. The number of ketones is 1. The van der Waals surface area contributed by atoms with Gasteiger partial charge in [0, 0.05) is 11.0 Å². The van der Waals surface area contributed by atoms with Crippen molar-refractivity contribution in [3.8, 4) is 6.07 Å². The number of benzene rings is 1. The van der Waals surface area contributed by atoms with Gasteiger partial charge in [0.05, 0.1) is 11.6 Å². The molecule has 1 fully saturated rings. The topological polar surface area (TPSA) is 40.9 Å². The van der Waals surface area contributed by atoms with Crippen LogP contribution in [0.4, 0.5) is 0 Å². The quantitative estimate of drug-likeness (QED) is 0.680. The molecule has 1 spiro atoms. The van der Waals surface area contributed by atoms with Crippen LogP contribution in [-0.4, -0.2) is 5.78 Å². The number of nitriles is 1. The van der Waals surface area contributed by atoms with E-state index in [4.69, 9.17) is 5.26 Å². The zero-order chi connectivity index (χ0) is 11.9. The van der Waals surface area contributed by atoms with Crippen molar-refractivity contribution in [2.45, 2.75) is 38.5 Å². The van der Waals surface area contributed by atoms with E-state index in [9.17, 15) is 4.79 Å². The highest BCUT2D eigenvalue weighted by Gasteiger charge is 2.46. The van der Waals surface area contributed by atoms with Gasteiger partial charge < -0.3 is 0 Å². The van der Waals surface area contributed by atoms with Gasteiger partial charge >= 0.3 is 0 Å². The van der Waals surface area contributed by atoms with Crippen molar-refractivity contribution in [2.24, 2.45) is 5.41 Å². The number of rotatable bonds is 0. The fourth-order valence-electron chi connectivity index (χ4n) is 3.43. The summed E-state index contributed by atoms with van der Waals surface area (Å²) < 4.78 is 0. The lowest BCUT2D eigenvalue weighted by Gasteiger charge is -2.31. The first-order valence-electron chi connectivity index (χ1n) is 6.34. The van der Waals surface area contributed by atoms with Crippen LogP contribution in [-0.2, 0) is 6.42 Å². The van der Waals surface area contributed by atoms with E-state index in [0.29, 0.717) is 11.3 Å². The third kappa shape index (κ3) is 1.42. The van der Waals surface area contributed by atoms with Crippen LogP contribution < -0.4 is 0 Å². The molecular weight excluding hydrogens is 210 g/mol. The average Bonchev–Trinajstić information content (AvgIpc) is 2.64. The fraction of sp³-hybridized carbons (Fsp3) is 0.467. The molecular formula is C15H15NO. The largest absolute Gasteiger partial charge is 0.294 e. The zero-order valence-electron chi connectivity index (χ0n) is 9.83. The van der Waals surface area contributed by atoms with Crippen molar-refractivity contribution in [1.82, 2.24) is 0 Å². The summed E-state index contributed by atoms with van der Waals surface area (Å²) in [7, 11) is 0. The summed E-state index contributed by atoms with van der Waals surface area (Å²) in [4.78, 5) is 12.5. The van der Waals surface area contributed by atoms with Crippen LogP contribution in [0, 0.1) is 16.7 Å². The van der Waals surface area contributed by atoms with Crippen LogP contribution in [0.1, 0.15) is 53.6 Å². The van der Waals surface area contributed by atoms with Gasteiger partial charge in [-0.1, -0.05) is 31.4 Å². The molecule has 0 saturated heterocycles. The van der Waals surface area contributed by atoms with E-state index in [1.807, 2.05) is 18.2 Å². The highest BCUT2D eigenvalue weighted by atomic mass is 16.1. The highest BCUT2D eigenvalue weighted by Crippen LogP contribution is 2.47. The first-order chi connectivity index (χ1) is 8.27. The van der Waals surface area contributed by atoms with E-state index in [2.05, 4.69) is 6.07 Å². The number of Topliss-reactive ketones (excluding diaryl/α,β-unsaturated/α-hetero) is 1. The molecule has 1 aromatic rings. The maximum atomic E-state index is 12.5. The molecule has 0 aliphatic heterocycles. The second-order valence-corrected chi connectivity index (χ2v) is 5.29. The molecule has 0 unspecified atom stereocenters. The van der Waals surface area contributed by atoms with Gasteiger partial charge in [0.25, 0.3) is 0 Å². The molecule has 2 aliphatic rings. The summed E-state index contributed by atoms with van der Waals surface area (Å²) in [6, 6.07) is 7.77. The lowest BCUT2D eigenvalue weighted by atomic mass is 9.71. The molecule has 2 aliphatic carbocycles. The first kappa shape index (κ1) is 10.5. The van der Waals surface area contributed by atoms with Crippen LogP contribution >= 0.6 is 0 Å². The van der Waals surface area contributed by atoms with Gasteiger partial charge in [-0.25, -0.2) is 0 Å². The molecule has 0 amide bonds. The van der Waals surface area contributed by atoms with Gasteiger partial charge in [0.2, 0.25) is 0 Å². The molecule has 0 heterocycles. The molecule has 3 rings (SSSR count). The molecule has 0 aromatic heterocycles.